The van der Waals surface area contributed by atoms with Gasteiger partial charge >= 0.3 is 0 Å². The van der Waals surface area contributed by atoms with Crippen LogP contribution in [0.1, 0.15) is 65.2 Å². The van der Waals surface area contributed by atoms with Crippen LogP contribution in [0.25, 0.3) is 0 Å². The Morgan fingerprint density at radius 3 is 2.31 bits per heavy atom. The highest BCUT2D eigenvalue weighted by Crippen LogP contribution is 2.42. The first-order valence-electron chi connectivity index (χ1n) is 7.03. The Balaban J connectivity index is 2.03. The minimum absolute atomic E-state index is 0.00464. The molecule has 0 saturated heterocycles. The SMILES string of the molecule is CC(C)=C1CCCCC1C1CCC(O)CC1. The molecule has 0 aliphatic heterocycles. The van der Waals surface area contributed by atoms with E-state index in [-0.39, 0.29) is 6.10 Å². The minimum atomic E-state index is -0.00464. The molecule has 0 bridgehead atoms. The number of aliphatic hydroxyl groups excluding tert-OH is 1. The van der Waals surface area contributed by atoms with Gasteiger partial charge in [0, 0.05) is 0 Å². The Labute approximate surface area is 99.9 Å². The lowest BCUT2D eigenvalue weighted by Crippen LogP contribution is -2.27. The van der Waals surface area contributed by atoms with Crippen molar-refractivity contribution in [3.8, 4) is 0 Å². The van der Waals surface area contributed by atoms with Crippen molar-refractivity contribution in [1.29, 1.82) is 0 Å². The molecule has 2 rings (SSSR count). The van der Waals surface area contributed by atoms with Crippen LogP contribution in [0.5, 0.6) is 0 Å². The Morgan fingerprint density at radius 1 is 1.00 bits per heavy atom. The van der Waals surface area contributed by atoms with E-state index in [2.05, 4.69) is 13.8 Å². The smallest absolute Gasteiger partial charge is 0.0540 e. The van der Waals surface area contributed by atoms with E-state index < -0.39 is 0 Å². The maximum Gasteiger partial charge on any atom is 0.0540 e. The largest absolute Gasteiger partial charge is 0.393 e. The summed E-state index contributed by atoms with van der Waals surface area (Å²) in [6.45, 7) is 4.57. The summed E-state index contributed by atoms with van der Waals surface area (Å²) < 4.78 is 0. The van der Waals surface area contributed by atoms with Crippen LogP contribution < -0.4 is 0 Å². The van der Waals surface area contributed by atoms with Crippen LogP contribution in [0.15, 0.2) is 11.1 Å². The zero-order chi connectivity index (χ0) is 11.5. The maximum atomic E-state index is 9.59. The minimum Gasteiger partial charge on any atom is -0.393 e. The molecule has 0 aromatic heterocycles. The molecule has 1 nitrogen and oxygen atoms in total. The Kier molecular flexibility index (Phi) is 4.07. The topological polar surface area (TPSA) is 20.2 Å². The van der Waals surface area contributed by atoms with Crippen molar-refractivity contribution in [2.24, 2.45) is 11.8 Å². The van der Waals surface area contributed by atoms with Gasteiger partial charge in [0.1, 0.15) is 0 Å². The van der Waals surface area contributed by atoms with Crippen LogP contribution in [-0.2, 0) is 0 Å². The molecule has 1 N–H and O–H groups in total. The van der Waals surface area contributed by atoms with E-state index in [0.717, 1.165) is 24.7 Å². The van der Waals surface area contributed by atoms with E-state index in [1.54, 1.807) is 11.1 Å². The van der Waals surface area contributed by atoms with E-state index in [0.29, 0.717) is 0 Å². The molecule has 2 aliphatic carbocycles. The van der Waals surface area contributed by atoms with Crippen molar-refractivity contribution >= 4 is 0 Å². The number of rotatable bonds is 1. The summed E-state index contributed by atoms with van der Waals surface area (Å²) in [4.78, 5) is 0. The van der Waals surface area contributed by atoms with Crippen molar-refractivity contribution in [3.05, 3.63) is 11.1 Å². The van der Waals surface area contributed by atoms with E-state index in [1.807, 2.05) is 0 Å². The van der Waals surface area contributed by atoms with Crippen molar-refractivity contribution in [2.45, 2.75) is 71.3 Å². The third kappa shape index (κ3) is 2.68. The zero-order valence-corrected chi connectivity index (χ0v) is 10.8. The predicted octanol–water partition coefficient (Wildman–Crippen LogP) is 4.06. The molecule has 2 aliphatic rings. The second-order valence-electron chi connectivity index (χ2n) is 5.95. The quantitative estimate of drug-likeness (QED) is 0.663. The lowest BCUT2D eigenvalue weighted by molar-refractivity contribution is 0.0918. The Morgan fingerprint density at radius 2 is 1.69 bits per heavy atom. The van der Waals surface area contributed by atoms with Crippen molar-refractivity contribution in [3.63, 3.8) is 0 Å². The molecule has 92 valence electrons. The number of hydrogen-bond acceptors (Lipinski definition) is 1. The molecule has 0 amide bonds. The van der Waals surface area contributed by atoms with Gasteiger partial charge in [-0.3, -0.25) is 0 Å². The molecular weight excluding hydrogens is 196 g/mol. The lowest BCUT2D eigenvalue weighted by Gasteiger charge is -2.37. The third-order valence-electron chi connectivity index (χ3n) is 4.61. The van der Waals surface area contributed by atoms with Crippen LogP contribution in [-0.4, -0.2) is 11.2 Å². The molecule has 2 saturated carbocycles. The van der Waals surface area contributed by atoms with Gasteiger partial charge in [-0.1, -0.05) is 17.6 Å². The summed E-state index contributed by atoms with van der Waals surface area (Å²) >= 11 is 0. The lowest BCUT2D eigenvalue weighted by atomic mass is 9.69. The van der Waals surface area contributed by atoms with Gasteiger partial charge in [0.05, 0.1) is 6.10 Å². The fourth-order valence-electron chi connectivity index (χ4n) is 3.68. The third-order valence-corrected chi connectivity index (χ3v) is 4.61. The van der Waals surface area contributed by atoms with Gasteiger partial charge in [0.2, 0.25) is 0 Å². The molecule has 0 aromatic carbocycles. The highest BCUT2D eigenvalue weighted by atomic mass is 16.3. The van der Waals surface area contributed by atoms with Gasteiger partial charge in [0.25, 0.3) is 0 Å². The highest BCUT2D eigenvalue weighted by Gasteiger charge is 2.30. The maximum absolute atomic E-state index is 9.59. The van der Waals surface area contributed by atoms with Gasteiger partial charge in [-0.05, 0) is 70.6 Å². The molecule has 1 heteroatoms. The first-order chi connectivity index (χ1) is 7.68. The molecule has 2 fully saturated rings. The second-order valence-corrected chi connectivity index (χ2v) is 5.95. The van der Waals surface area contributed by atoms with E-state index in [9.17, 15) is 5.11 Å². The van der Waals surface area contributed by atoms with Gasteiger partial charge < -0.3 is 5.11 Å². The summed E-state index contributed by atoms with van der Waals surface area (Å²) in [6.07, 6.45) is 10.1. The Hall–Kier alpha value is -0.300. The summed E-state index contributed by atoms with van der Waals surface area (Å²) in [7, 11) is 0. The molecule has 0 radical (unpaired) electrons. The molecular formula is C15H26O. The van der Waals surface area contributed by atoms with Crippen molar-refractivity contribution < 1.29 is 5.11 Å². The standard InChI is InChI=1S/C15H26O/c1-11(2)14-5-3-4-6-15(14)12-7-9-13(16)10-8-12/h12-13,15-16H,3-10H2,1-2H3. The van der Waals surface area contributed by atoms with Gasteiger partial charge in [-0.25, -0.2) is 0 Å². The van der Waals surface area contributed by atoms with Crippen molar-refractivity contribution in [2.75, 3.05) is 0 Å². The summed E-state index contributed by atoms with van der Waals surface area (Å²) in [6, 6.07) is 0. The number of hydrogen-bond donors (Lipinski definition) is 1. The van der Waals surface area contributed by atoms with Crippen LogP contribution in [0, 0.1) is 11.8 Å². The zero-order valence-electron chi connectivity index (χ0n) is 10.8. The van der Waals surface area contributed by atoms with Crippen LogP contribution in [0.2, 0.25) is 0 Å². The van der Waals surface area contributed by atoms with E-state index in [1.165, 1.54) is 38.5 Å². The average Bonchev–Trinajstić information content (AvgIpc) is 2.30. The fraction of sp³-hybridized carbons (Fsp3) is 0.867. The normalized spacial score (nSPS) is 36.2. The second kappa shape index (κ2) is 5.35. The van der Waals surface area contributed by atoms with Gasteiger partial charge in [-0.15, -0.1) is 0 Å². The molecule has 0 spiro atoms. The molecule has 1 atom stereocenters. The number of allylic oxidation sites excluding steroid dienone is 2. The fourth-order valence-corrected chi connectivity index (χ4v) is 3.68. The molecule has 1 unspecified atom stereocenters. The van der Waals surface area contributed by atoms with Gasteiger partial charge in [0.15, 0.2) is 0 Å². The Bertz CT molecular complexity index is 255. The molecule has 16 heavy (non-hydrogen) atoms. The first kappa shape index (κ1) is 12.2. The van der Waals surface area contributed by atoms with Crippen LogP contribution in [0.3, 0.4) is 0 Å². The molecule has 0 aromatic rings. The average molecular weight is 222 g/mol. The summed E-state index contributed by atoms with van der Waals surface area (Å²) in [5.74, 6) is 1.72. The summed E-state index contributed by atoms with van der Waals surface area (Å²) in [5, 5.41) is 9.59. The van der Waals surface area contributed by atoms with Gasteiger partial charge in [-0.2, -0.15) is 0 Å². The molecule has 0 heterocycles. The van der Waals surface area contributed by atoms with Crippen LogP contribution >= 0.6 is 0 Å². The first-order valence-corrected chi connectivity index (χ1v) is 7.03. The highest BCUT2D eigenvalue weighted by molar-refractivity contribution is 5.16. The van der Waals surface area contributed by atoms with E-state index in [4.69, 9.17) is 0 Å². The van der Waals surface area contributed by atoms with E-state index >= 15 is 0 Å². The number of aliphatic hydroxyl groups is 1. The monoisotopic (exact) mass is 222 g/mol. The van der Waals surface area contributed by atoms with Crippen molar-refractivity contribution in [1.82, 2.24) is 0 Å². The van der Waals surface area contributed by atoms with Crippen LogP contribution in [0.4, 0.5) is 0 Å². The predicted molar refractivity (Wildman–Crippen MR) is 68.3 cm³/mol. The summed E-state index contributed by atoms with van der Waals surface area (Å²) in [5.41, 5.74) is 3.32.